The number of fused-ring (bicyclic) bond motifs is 1. The quantitative estimate of drug-likeness (QED) is 0.786. The molecule has 1 saturated heterocycles. The average Bonchev–Trinajstić information content (AvgIpc) is 3.22. The minimum Gasteiger partial charge on any atom is -0.328 e. The van der Waals surface area contributed by atoms with Crippen LogP contribution in [0.5, 0.6) is 0 Å². The van der Waals surface area contributed by atoms with Gasteiger partial charge < -0.3 is 9.30 Å². The zero-order chi connectivity index (χ0) is 15.8. The van der Waals surface area contributed by atoms with E-state index in [-0.39, 0.29) is 11.9 Å². The van der Waals surface area contributed by atoms with Crippen molar-refractivity contribution in [2.45, 2.75) is 32.2 Å². The summed E-state index contributed by atoms with van der Waals surface area (Å²) in [6.45, 7) is 2.61. The molecule has 1 atom stereocenters. The van der Waals surface area contributed by atoms with E-state index in [0.29, 0.717) is 11.4 Å². The molecule has 1 amide bonds. The number of H-pyrrole nitrogens is 1. The molecular weight excluding hydrogens is 292 g/mol. The number of likely N-dealkylation sites (tertiary alicyclic amines) is 1. The normalized spacial score (nSPS) is 18.5. The number of hydrogen-bond donors (Lipinski definition) is 1. The molecule has 1 fully saturated rings. The van der Waals surface area contributed by atoms with Gasteiger partial charge in [-0.1, -0.05) is 0 Å². The highest BCUT2D eigenvalue weighted by molar-refractivity contribution is 5.94. The first-order chi connectivity index (χ1) is 11.2. The molecule has 23 heavy (non-hydrogen) atoms. The third-order valence-corrected chi connectivity index (χ3v) is 4.31. The van der Waals surface area contributed by atoms with Crippen molar-refractivity contribution in [1.82, 2.24) is 29.5 Å². The second-order valence-electron chi connectivity index (χ2n) is 5.90. The van der Waals surface area contributed by atoms with Gasteiger partial charge in [0.1, 0.15) is 11.5 Å². The number of aromatic nitrogens is 5. The predicted octanol–water partition coefficient (Wildman–Crippen LogP) is 2.13. The van der Waals surface area contributed by atoms with Gasteiger partial charge in [0.25, 0.3) is 5.91 Å². The monoisotopic (exact) mass is 310 g/mol. The highest BCUT2D eigenvalue weighted by Crippen LogP contribution is 2.30. The van der Waals surface area contributed by atoms with E-state index in [4.69, 9.17) is 0 Å². The lowest BCUT2D eigenvalue weighted by atomic mass is 10.0. The van der Waals surface area contributed by atoms with Gasteiger partial charge >= 0.3 is 0 Å². The van der Waals surface area contributed by atoms with Crippen LogP contribution in [0.25, 0.3) is 5.65 Å². The molecule has 0 spiro atoms. The Morgan fingerprint density at radius 2 is 2.26 bits per heavy atom. The van der Waals surface area contributed by atoms with Crippen molar-refractivity contribution in [3.8, 4) is 0 Å². The maximum Gasteiger partial charge on any atom is 0.255 e. The van der Waals surface area contributed by atoms with Crippen molar-refractivity contribution in [1.29, 1.82) is 0 Å². The summed E-state index contributed by atoms with van der Waals surface area (Å²) < 4.78 is 1.86. The van der Waals surface area contributed by atoms with Crippen LogP contribution in [-0.4, -0.2) is 41.9 Å². The van der Waals surface area contributed by atoms with Crippen LogP contribution in [0.3, 0.4) is 0 Å². The largest absolute Gasteiger partial charge is 0.328 e. The number of carbonyl (C=O) groups excluding carboxylic acids is 1. The van der Waals surface area contributed by atoms with E-state index in [1.54, 1.807) is 6.20 Å². The molecule has 0 radical (unpaired) electrons. The number of nitrogens with zero attached hydrogens (tertiary/aromatic N) is 5. The van der Waals surface area contributed by atoms with E-state index in [2.05, 4.69) is 20.2 Å². The fraction of sp³-hybridized carbons (Fsp3) is 0.375. The number of piperidine rings is 1. The smallest absolute Gasteiger partial charge is 0.255 e. The number of hydrogen-bond acceptors (Lipinski definition) is 4. The molecule has 7 heteroatoms. The molecule has 3 aromatic rings. The lowest BCUT2D eigenvalue weighted by molar-refractivity contribution is 0.0600. The summed E-state index contributed by atoms with van der Waals surface area (Å²) in [5.74, 6) is 1.50. The molecule has 0 unspecified atom stereocenters. The maximum absolute atomic E-state index is 13.0. The fourth-order valence-corrected chi connectivity index (χ4v) is 3.16. The zero-order valence-corrected chi connectivity index (χ0v) is 12.9. The average molecular weight is 310 g/mol. The standard InChI is InChI=1S/C16H18N6O/c1-11-18-15(20-19-11)13-4-2-3-8-22(13)16(23)12-5-6-14-17-7-9-21(14)10-12/h5-7,9-10,13H,2-4,8H2,1H3,(H,18,19,20)/t13-/m1/s1. The van der Waals surface area contributed by atoms with Crippen LogP contribution in [0.15, 0.2) is 30.7 Å². The highest BCUT2D eigenvalue weighted by atomic mass is 16.2. The molecule has 1 aliphatic rings. The summed E-state index contributed by atoms with van der Waals surface area (Å²) in [7, 11) is 0. The maximum atomic E-state index is 13.0. The number of rotatable bonds is 2. The number of nitrogens with one attached hydrogen (secondary N) is 1. The molecule has 0 saturated carbocycles. The fourth-order valence-electron chi connectivity index (χ4n) is 3.16. The van der Waals surface area contributed by atoms with Gasteiger partial charge in [-0.3, -0.25) is 9.89 Å². The summed E-state index contributed by atoms with van der Waals surface area (Å²) in [5, 5.41) is 7.14. The van der Waals surface area contributed by atoms with Crippen molar-refractivity contribution >= 4 is 11.6 Å². The molecule has 1 aliphatic heterocycles. The van der Waals surface area contributed by atoms with Gasteiger partial charge in [0, 0.05) is 25.1 Å². The number of pyridine rings is 1. The van der Waals surface area contributed by atoms with Crippen LogP contribution < -0.4 is 0 Å². The number of imidazole rings is 1. The molecule has 0 bridgehead atoms. The topological polar surface area (TPSA) is 79.2 Å². The summed E-state index contributed by atoms with van der Waals surface area (Å²) in [6, 6.07) is 3.64. The van der Waals surface area contributed by atoms with Gasteiger partial charge in [0.2, 0.25) is 0 Å². The Kier molecular flexibility index (Phi) is 3.33. The van der Waals surface area contributed by atoms with Crippen molar-refractivity contribution in [3.63, 3.8) is 0 Å². The lowest BCUT2D eigenvalue weighted by Gasteiger charge is -2.34. The van der Waals surface area contributed by atoms with E-state index in [1.165, 1.54) is 0 Å². The predicted molar refractivity (Wildman–Crippen MR) is 83.9 cm³/mol. The van der Waals surface area contributed by atoms with Gasteiger partial charge in [0.05, 0.1) is 11.6 Å². The Morgan fingerprint density at radius 3 is 3.09 bits per heavy atom. The van der Waals surface area contributed by atoms with Crippen molar-refractivity contribution < 1.29 is 4.79 Å². The van der Waals surface area contributed by atoms with E-state index in [0.717, 1.165) is 37.3 Å². The van der Waals surface area contributed by atoms with Crippen molar-refractivity contribution in [2.75, 3.05) is 6.54 Å². The Labute approximate surface area is 133 Å². The first kappa shape index (κ1) is 13.9. The third kappa shape index (κ3) is 2.48. The van der Waals surface area contributed by atoms with Gasteiger partial charge in [0.15, 0.2) is 5.82 Å². The summed E-state index contributed by atoms with van der Waals surface area (Å²) in [5.41, 5.74) is 1.50. The number of aryl methyl sites for hydroxylation is 1. The molecule has 4 heterocycles. The first-order valence-corrected chi connectivity index (χ1v) is 7.85. The zero-order valence-electron chi connectivity index (χ0n) is 12.9. The number of amides is 1. The Morgan fingerprint density at radius 1 is 1.35 bits per heavy atom. The molecule has 1 N–H and O–H groups in total. The van der Waals surface area contributed by atoms with Crippen LogP contribution in [0.2, 0.25) is 0 Å². The molecule has 0 aromatic carbocycles. The number of aromatic amines is 1. The van der Waals surface area contributed by atoms with Gasteiger partial charge in [-0.25, -0.2) is 9.97 Å². The SMILES string of the molecule is Cc1nc([C@H]2CCCCN2C(=O)c2ccc3nccn3c2)n[nH]1. The van der Waals surface area contributed by atoms with Crippen LogP contribution in [0.4, 0.5) is 0 Å². The van der Waals surface area contributed by atoms with Crippen LogP contribution in [0, 0.1) is 6.92 Å². The first-order valence-electron chi connectivity index (χ1n) is 7.85. The highest BCUT2D eigenvalue weighted by Gasteiger charge is 2.31. The van der Waals surface area contributed by atoms with E-state index in [1.807, 2.05) is 40.8 Å². The third-order valence-electron chi connectivity index (χ3n) is 4.31. The Hall–Kier alpha value is -2.70. The molecule has 4 rings (SSSR count). The van der Waals surface area contributed by atoms with Gasteiger partial charge in [-0.15, -0.1) is 0 Å². The van der Waals surface area contributed by atoms with Crippen LogP contribution >= 0.6 is 0 Å². The Balaban J connectivity index is 1.66. The lowest BCUT2D eigenvalue weighted by Crippen LogP contribution is -2.39. The minimum atomic E-state index is -0.0558. The number of carbonyl (C=O) groups is 1. The summed E-state index contributed by atoms with van der Waals surface area (Å²) >= 11 is 0. The van der Waals surface area contributed by atoms with Gasteiger partial charge in [-0.2, -0.15) is 5.10 Å². The Bertz CT molecular complexity index is 851. The van der Waals surface area contributed by atoms with Crippen molar-refractivity contribution in [3.05, 3.63) is 47.9 Å². The molecule has 0 aliphatic carbocycles. The molecule has 3 aromatic heterocycles. The summed E-state index contributed by atoms with van der Waals surface area (Å²) in [6.07, 6.45) is 8.40. The summed E-state index contributed by atoms with van der Waals surface area (Å²) in [4.78, 5) is 23.5. The van der Waals surface area contributed by atoms with Gasteiger partial charge in [-0.05, 0) is 38.3 Å². The molecule has 7 nitrogen and oxygen atoms in total. The second-order valence-corrected chi connectivity index (χ2v) is 5.90. The van der Waals surface area contributed by atoms with Crippen LogP contribution in [-0.2, 0) is 0 Å². The second kappa shape index (κ2) is 5.49. The minimum absolute atomic E-state index is 0.0211. The van der Waals surface area contributed by atoms with E-state index in [9.17, 15) is 4.79 Å². The molecule has 118 valence electrons. The molecular formula is C16H18N6O. The van der Waals surface area contributed by atoms with E-state index >= 15 is 0 Å². The van der Waals surface area contributed by atoms with E-state index < -0.39 is 0 Å². The van der Waals surface area contributed by atoms with Crippen LogP contribution in [0.1, 0.15) is 47.3 Å². The van der Waals surface area contributed by atoms with Crippen molar-refractivity contribution in [2.24, 2.45) is 0 Å².